The smallest absolute Gasteiger partial charge is 0.259 e. The Bertz CT molecular complexity index is 1100. The molecule has 3 rings (SSSR count). The van der Waals surface area contributed by atoms with Crippen LogP contribution < -0.4 is 15.4 Å². The van der Waals surface area contributed by atoms with Crippen molar-refractivity contribution in [3.8, 4) is 5.75 Å². The van der Waals surface area contributed by atoms with Gasteiger partial charge < -0.3 is 15.4 Å². The van der Waals surface area contributed by atoms with Crippen LogP contribution in [0.25, 0.3) is 0 Å². The van der Waals surface area contributed by atoms with Gasteiger partial charge in [0, 0.05) is 11.5 Å². The van der Waals surface area contributed by atoms with Gasteiger partial charge in [0.25, 0.3) is 11.8 Å². The molecule has 2 amide bonds. The van der Waals surface area contributed by atoms with Crippen molar-refractivity contribution in [2.24, 2.45) is 0 Å². The molecule has 1 heterocycles. The lowest BCUT2D eigenvalue weighted by atomic mass is 10.0. The first-order chi connectivity index (χ1) is 15.4. The van der Waals surface area contributed by atoms with E-state index in [0.717, 1.165) is 5.56 Å². The van der Waals surface area contributed by atoms with Gasteiger partial charge in [-0.2, -0.15) is 0 Å². The number of pyridine rings is 1. The van der Waals surface area contributed by atoms with Crippen molar-refractivity contribution in [2.45, 2.75) is 19.8 Å². The van der Waals surface area contributed by atoms with Crippen molar-refractivity contribution in [1.82, 2.24) is 4.98 Å². The fourth-order valence-electron chi connectivity index (χ4n) is 2.97. The van der Waals surface area contributed by atoms with E-state index in [-0.39, 0.29) is 5.91 Å². The molecule has 2 N–H and O–H groups in total. The molecule has 0 spiro atoms. The Kier molecular flexibility index (Phi) is 8.25. The van der Waals surface area contributed by atoms with E-state index in [4.69, 9.17) is 16.3 Å². The van der Waals surface area contributed by atoms with Crippen molar-refractivity contribution in [3.63, 3.8) is 0 Å². The van der Waals surface area contributed by atoms with Crippen LogP contribution in [0, 0.1) is 0 Å². The molecule has 0 atom stereocenters. The van der Waals surface area contributed by atoms with Crippen LogP contribution in [0.1, 0.15) is 46.0 Å². The zero-order valence-electron chi connectivity index (χ0n) is 17.7. The van der Waals surface area contributed by atoms with Crippen molar-refractivity contribution < 1.29 is 14.3 Å². The standard InChI is InChI=1S/C24H23BrClN3O3/c1-15(2)16-7-9-19(21(13-16)32-12-11-25)24(31)28-20-6-4-3-5-18(20)23(30)29-22-10-8-17(26)14-27-22/h3-10,13-15H,11-12H2,1-2H3,(H,28,31)(H,27,29,30). The molecule has 0 radical (unpaired) electrons. The number of nitrogens with one attached hydrogen (secondary N) is 2. The Balaban J connectivity index is 1.84. The molecule has 0 aliphatic rings. The van der Waals surface area contributed by atoms with Gasteiger partial charge in [0.1, 0.15) is 11.6 Å². The molecular weight excluding hydrogens is 494 g/mol. The molecule has 0 saturated carbocycles. The van der Waals surface area contributed by atoms with Crippen molar-refractivity contribution >= 4 is 50.9 Å². The Labute approximate surface area is 200 Å². The lowest BCUT2D eigenvalue weighted by Crippen LogP contribution is -2.19. The number of carbonyl (C=O) groups is 2. The molecule has 6 nitrogen and oxygen atoms in total. The second-order valence-electron chi connectivity index (χ2n) is 7.26. The fraction of sp³-hybridized carbons (Fsp3) is 0.208. The number of hydrogen-bond acceptors (Lipinski definition) is 4. The van der Waals surface area contributed by atoms with E-state index in [0.29, 0.717) is 51.3 Å². The highest BCUT2D eigenvalue weighted by atomic mass is 79.9. The van der Waals surface area contributed by atoms with Crippen LogP contribution in [0.4, 0.5) is 11.5 Å². The average molecular weight is 517 g/mol. The maximum atomic E-state index is 13.1. The number of benzene rings is 2. The summed E-state index contributed by atoms with van der Waals surface area (Å²) < 4.78 is 5.80. The van der Waals surface area contributed by atoms with Crippen LogP contribution in [0.3, 0.4) is 0 Å². The van der Waals surface area contributed by atoms with Crippen molar-refractivity contribution in [1.29, 1.82) is 0 Å². The van der Waals surface area contributed by atoms with Gasteiger partial charge in [-0.05, 0) is 47.9 Å². The van der Waals surface area contributed by atoms with E-state index in [9.17, 15) is 9.59 Å². The normalized spacial score (nSPS) is 10.7. The number of hydrogen-bond donors (Lipinski definition) is 2. The number of aromatic nitrogens is 1. The molecule has 0 unspecified atom stereocenters. The first-order valence-electron chi connectivity index (χ1n) is 10.0. The quantitative estimate of drug-likeness (QED) is 0.353. The van der Waals surface area contributed by atoms with Gasteiger partial charge >= 0.3 is 0 Å². The van der Waals surface area contributed by atoms with Gasteiger partial charge in [-0.1, -0.05) is 59.6 Å². The van der Waals surface area contributed by atoms with Crippen LogP contribution in [0.2, 0.25) is 5.02 Å². The number of carbonyl (C=O) groups excluding carboxylic acids is 2. The summed E-state index contributed by atoms with van der Waals surface area (Å²) in [4.78, 5) is 30.0. The first kappa shape index (κ1) is 23.8. The van der Waals surface area contributed by atoms with Crippen LogP contribution in [-0.2, 0) is 0 Å². The predicted molar refractivity (Wildman–Crippen MR) is 131 cm³/mol. The molecule has 0 fully saturated rings. The molecule has 32 heavy (non-hydrogen) atoms. The molecule has 0 saturated heterocycles. The highest BCUT2D eigenvalue weighted by Crippen LogP contribution is 2.27. The zero-order chi connectivity index (χ0) is 23.1. The molecule has 0 bridgehead atoms. The number of halogens is 2. The van der Waals surface area contributed by atoms with Crippen LogP contribution in [0.5, 0.6) is 5.75 Å². The van der Waals surface area contributed by atoms with E-state index >= 15 is 0 Å². The van der Waals surface area contributed by atoms with E-state index in [2.05, 4.69) is 45.4 Å². The summed E-state index contributed by atoms with van der Waals surface area (Å²) in [6, 6.07) is 15.5. The number of nitrogens with zero attached hydrogens (tertiary/aromatic N) is 1. The fourth-order valence-corrected chi connectivity index (χ4v) is 3.24. The van der Waals surface area contributed by atoms with E-state index in [1.54, 1.807) is 42.5 Å². The molecule has 166 valence electrons. The number of alkyl halides is 1. The van der Waals surface area contributed by atoms with Gasteiger partial charge in [-0.15, -0.1) is 0 Å². The second kappa shape index (κ2) is 11.1. The minimum atomic E-state index is -0.401. The van der Waals surface area contributed by atoms with Crippen LogP contribution in [-0.4, -0.2) is 28.7 Å². The third-order valence-electron chi connectivity index (χ3n) is 4.64. The molecule has 2 aromatic carbocycles. The van der Waals surface area contributed by atoms with Gasteiger partial charge in [-0.3, -0.25) is 9.59 Å². The van der Waals surface area contributed by atoms with Gasteiger partial charge in [0.2, 0.25) is 0 Å². The summed E-state index contributed by atoms with van der Waals surface area (Å²) in [5.74, 6) is 0.386. The monoisotopic (exact) mass is 515 g/mol. The Hall–Kier alpha value is -2.90. The highest BCUT2D eigenvalue weighted by Gasteiger charge is 2.18. The third-order valence-corrected chi connectivity index (χ3v) is 5.19. The van der Waals surface area contributed by atoms with E-state index < -0.39 is 5.91 Å². The van der Waals surface area contributed by atoms with Crippen molar-refractivity contribution in [3.05, 3.63) is 82.5 Å². The maximum Gasteiger partial charge on any atom is 0.259 e. The minimum absolute atomic E-state index is 0.296. The number of rotatable bonds is 8. The van der Waals surface area contributed by atoms with Gasteiger partial charge in [-0.25, -0.2) is 4.98 Å². The molecule has 8 heteroatoms. The SMILES string of the molecule is CC(C)c1ccc(C(=O)Nc2ccccc2C(=O)Nc2ccc(Cl)cn2)c(OCCBr)c1. The lowest BCUT2D eigenvalue weighted by Gasteiger charge is -2.15. The van der Waals surface area contributed by atoms with Crippen molar-refractivity contribution in [2.75, 3.05) is 22.6 Å². The van der Waals surface area contributed by atoms with Crippen LogP contribution >= 0.6 is 27.5 Å². The molecule has 0 aliphatic heterocycles. The Morgan fingerprint density at radius 2 is 1.78 bits per heavy atom. The number of anilines is 2. The van der Waals surface area contributed by atoms with Crippen LogP contribution in [0.15, 0.2) is 60.8 Å². The number of amides is 2. The van der Waals surface area contributed by atoms with Gasteiger partial charge in [0.05, 0.1) is 28.4 Å². The average Bonchev–Trinajstić information content (AvgIpc) is 2.79. The number of ether oxygens (including phenoxy) is 1. The molecule has 1 aromatic heterocycles. The summed E-state index contributed by atoms with van der Waals surface area (Å²) in [6.07, 6.45) is 1.44. The van der Waals surface area contributed by atoms with Gasteiger partial charge in [0.15, 0.2) is 0 Å². The Morgan fingerprint density at radius 3 is 2.47 bits per heavy atom. The minimum Gasteiger partial charge on any atom is -0.492 e. The maximum absolute atomic E-state index is 13.1. The molecule has 0 aliphatic carbocycles. The lowest BCUT2D eigenvalue weighted by molar-refractivity contribution is 0.102. The zero-order valence-corrected chi connectivity index (χ0v) is 20.0. The summed E-state index contributed by atoms with van der Waals surface area (Å²) in [7, 11) is 0. The molecular formula is C24H23BrClN3O3. The Morgan fingerprint density at radius 1 is 1.03 bits per heavy atom. The molecule has 3 aromatic rings. The largest absolute Gasteiger partial charge is 0.492 e. The summed E-state index contributed by atoms with van der Waals surface area (Å²) in [5.41, 5.74) is 2.15. The number of para-hydroxylation sites is 1. The third kappa shape index (κ3) is 6.08. The second-order valence-corrected chi connectivity index (χ2v) is 8.49. The summed E-state index contributed by atoms with van der Waals surface area (Å²) >= 11 is 9.19. The summed E-state index contributed by atoms with van der Waals surface area (Å²) in [5, 5.41) is 6.65. The summed E-state index contributed by atoms with van der Waals surface area (Å²) in [6.45, 7) is 4.58. The highest BCUT2D eigenvalue weighted by molar-refractivity contribution is 9.09. The topological polar surface area (TPSA) is 80.3 Å². The first-order valence-corrected chi connectivity index (χ1v) is 11.5. The predicted octanol–water partition coefficient (Wildman–Crippen LogP) is 6.14. The van der Waals surface area contributed by atoms with E-state index in [1.165, 1.54) is 6.20 Å². The van der Waals surface area contributed by atoms with E-state index in [1.807, 2.05) is 12.1 Å².